The van der Waals surface area contributed by atoms with Crippen LogP contribution in [0.15, 0.2) is 79.3 Å². The van der Waals surface area contributed by atoms with Crippen LogP contribution in [-0.4, -0.2) is 34.1 Å². The summed E-state index contributed by atoms with van der Waals surface area (Å²) in [5, 5.41) is 0.515. The number of halogens is 2. The van der Waals surface area contributed by atoms with Crippen molar-refractivity contribution in [2.75, 3.05) is 16.3 Å². The molecule has 0 unspecified atom stereocenters. The number of aromatic nitrogens is 2. The van der Waals surface area contributed by atoms with Crippen molar-refractivity contribution >= 4 is 40.6 Å². The predicted octanol–water partition coefficient (Wildman–Crippen LogP) is 4.63. The molecular formula is C26H18ClFN4O3. The monoisotopic (exact) mass is 488 g/mol. The van der Waals surface area contributed by atoms with Crippen LogP contribution in [0, 0.1) is 5.82 Å². The van der Waals surface area contributed by atoms with Gasteiger partial charge in [-0.05, 0) is 47.5 Å². The fourth-order valence-electron chi connectivity index (χ4n) is 4.06. The molecule has 0 radical (unpaired) electrons. The smallest absolute Gasteiger partial charge is 0.300 e. The van der Waals surface area contributed by atoms with Gasteiger partial charge < -0.3 is 9.88 Å². The number of imidazole rings is 1. The number of anilines is 2. The second-order valence-electron chi connectivity index (χ2n) is 7.98. The number of carbonyl (C=O) groups excluding carboxylic acids is 3. The van der Waals surface area contributed by atoms with Crippen molar-refractivity contribution in [3.63, 3.8) is 0 Å². The zero-order chi connectivity index (χ0) is 24.5. The molecule has 0 spiro atoms. The number of nitrogens with zero attached hydrogens (tertiary/aromatic N) is 3. The number of amides is 2. The highest BCUT2D eigenvalue weighted by molar-refractivity contribution is 6.52. The van der Waals surface area contributed by atoms with Crippen molar-refractivity contribution in [2.45, 2.75) is 6.54 Å². The zero-order valence-electron chi connectivity index (χ0n) is 18.2. The summed E-state index contributed by atoms with van der Waals surface area (Å²) >= 11 is 6.13. The molecule has 1 aromatic heterocycles. The minimum absolute atomic E-state index is 0.0481. The second-order valence-corrected chi connectivity index (χ2v) is 8.41. The van der Waals surface area contributed by atoms with Gasteiger partial charge in [-0.2, -0.15) is 0 Å². The van der Waals surface area contributed by atoms with Gasteiger partial charge in [0.1, 0.15) is 12.4 Å². The quantitative estimate of drug-likeness (QED) is 0.401. The number of rotatable bonds is 6. The minimum Gasteiger partial charge on any atom is -0.345 e. The number of para-hydroxylation sites is 1. The van der Waals surface area contributed by atoms with Gasteiger partial charge in [-0.3, -0.25) is 19.3 Å². The van der Waals surface area contributed by atoms with E-state index in [1.165, 1.54) is 17.0 Å². The van der Waals surface area contributed by atoms with Crippen LogP contribution in [-0.2, 0) is 16.1 Å². The summed E-state index contributed by atoms with van der Waals surface area (Å²) in [6.45, 7) is -0.343. The summed E-state index contributed by atoms with van der Waals surface area (Å²) in [7, 11) is 0. The number of ketones is 1. The fourth-order valence-corrected chi connectivity index (χ4v) is 4.27. The van der Waals surface area contributed by atoms with Gasteiger partial charge in [0, 0.05) is 10.7 Å². The third kappa shape index (κ3) is 4.31. The van der Waals surface area contributed by atoms with Crippen LogP contribution in [0.25, 0.3) is 11.3 Å². The number of fused-ring (bicyclic) bond motifs is 1. The number of hydrogen-bond donors (Lipinski definition) is 1. The third-order valence-corrected chi connectivity index (χ3v) is 5.99. The predicted molar refractivity (Wildman–Crippen MR) is 130 cm³/mol. The molecule has 0 saturated carbocycles. The molecule has 0 bridgehead atoms. The van der Waals surface area contributed by atoms with Crippen molar-refractivity contribution in [2.24, 2.45) is 0 Å². The molecule has 174 valence electrons. The molecule has 3 aromatic carbocycles. The van der Waals surface area contributed by atoms with E-state index in [0.29, 0.717) is 10.7 Å². The van der Waals surface area contributed by atoms with Crippen molar-refractivity contribution in [1.29, 1.82) is 0 Å². The van der Waals surface area contributed by atoms with E-state index < -0.39 is 30.0 Å². The van der Waals surface area contributed by atoms with Gasteiger partial charge in [0.25, 0.3) is 11.7 Å². The number of H-pyrrole nitrogens is 1. The minimum atomic E-state index is -0.934. The average Bonchev–Trinajstić information content (AvgIpc) is 3.47. The van der Waals surface area contributed by atoms with E-state index in [1.54, 1.807) is 42.9 Å². The lowest BCUT2D eigenvalue weighted by molar-refractivity contribution is -0.120. The maximum atomic E-state index is 14.5. The maximum Gasteiger partial charge on any atom is 0.300 e. The molecule has 1 aliphatic rings. The molecule has 0 aliphatic carbocycles. The zero-order valence-corrected chi connectivity index (χ0v) is 19.0. The van der Waals surface area contributed by atoms with Gasteiger partial charge >= 0.3 is 0 Å². The van der Waals surface area contributed by atoms with Gasteiger partial charge in [0.2, 0.25) is 5.91 Å². The molecule has 2 amide bonds. The number of aromatic amines is 1. The summed E-state index contributed by atoms with van der Waals surface area (Å²) in [6.07, 6.45) is 3.26. The van der Waals surface area contributed by atoms with Crippen LogP contribution in [0.1, 0.15) is 15.9 Å². The molecule has 5 rings (SSSR count). The Hall–Kier alpha value is -4.30. The molecule has 2 heterocycles. The highest BCUT2D eigenvalue weighted by Gasteiger charge is 2.39. The molecule has 0 saturated heterocycles. The number of benzene rings is 3. The largest absolute Gasteiger partial charge is 0.345 e. The van der Waals surface area contributed by atoms with Crippen molar-refractivity contribution in [3.05, 3.63) is 101 Å². The second kappa shape index (κ2) is 9.15. The molecule has 1 aliphatic heterocycles. The van der Waals surface area contributed by atoms with Crippen LogP contribution in [0.4, 0.5) is 15.8 Å². The lowest BCUT2D eigenvalue weighted by atomic mass is 10.1. The Bertz CT molecular complexity index is 1440. The lowest BCUT2D eigenvalue weighted by Gasteiger charge is -2.26. The standard InChI is InChI=1S/C26H18ClFN4O3/c27-18-4-1-3-16(11-18)13-31(19-9-7-17(8-10-19)22-12-29-15-30-22)23(33)14-32-24-20(25(34)26(32)35)5-2-6-21(24)28/h1-12,15H,13-14H2,(H,29,30). The summed E-state index contributed by atoms with van der Waals surface area (Å²) in [6, 6.07) is 18.2. The Morgan fingerprint density at radius 3 is 2.54 bits per heavy atom. The van der Waals surface area contributed by atoms with Crippen LogP contribution < -0.4 is 9.80 Å². The van der Waals surface area contributed by atoms with E-state index in [1.807, 2.05) is 18.2 Å². The molecule has 7 nitrogen and oxygen atoms in total. The third-order valence-electron chi connectivity index (χ3n) is 5.75. The first kappa shape index (κ1) is 22.5. The van der Waals surface area contributed by atoms with E-state index in [2.05, 4.69) is 9.97 Å². The van der Waals surface area contributed by atoms with E-state index in [9.17, 15) is 18.8 Å². The molecule has 0 fully saturated rings. The lowest BCUT2D eigenvalue weighted by Crippen LogP contribution is -2.42. The van der Waals surface area contributed by atoms with Gasteiger partial charge in [-0.15, -0.1) is 0 Å². The maximum absolute atomic E-state index is 14.5. The Kier molecular flexibility index (Phi) is 5.88. The SMILES string of the molecule is O=C1C(=O)N(CC(=O)N(Cc2cccc(Cl)c2)c2ccc(-c3cnc[nH]3)cc2)c2c(F)cccc21. The van der Waals surface area contributed by atoms with Crippen molar-refractivity contribution in [3.8, 4) is 11.3 Å². The number of Topliss-reactive ketones (excluding diaryl/α,β-unsaturated/α-hetero) is 1. The first-order valence-electron chi connectivity index (χ1n) is 10.7. The van der Waals surface area contributed by atoms with E-state index in [0.717, 1.165) is 27.8 Å². The summed E-state index contributed by atoms with van der Waals surface area (Å²) in [4.78, 5) is 47.9. The highest BCUT2D eigenvalue weighted by Crippen LogP contribution is 2.32. The van der Waals surface area contributed by atoms with Gasteiger partial charge in [0.05, 0.1) is 36.0 Å². The topological polar surface area (TPSA) is 86.4 Å². The first-order valence-corrected chi connectivity index (χ1v) is 11.1. The van der Waals surface area contributed by atoms with Gasteiger partial charge in [0.15, 0.2) is 0 Å². The van der Waals surface area contributed by atoms with Gasteiger partial charge in [-0.1, -0.05) is 41.9 Å². The normalized spacial score (nSPS) is 12.7. The van der Waals surface area contributed by atoms with E-state index in [4.69, 9.17) is 11.6 Å². The Balaban J connectivity index is 1.48. The number of nitrogens with one attached hydrogen (secondary N) is 1. The Labute approximate surface area is 204 Å². The van der Waals surface area contributed by atoms with Crippen molar-refractivity contribution < 1.29 is 18.8 Å². The van der Waals surface area contributed by atoms with Crippen LogP contribution in [0.2, 0.25) is 5.02 Å². The summed E-state index contributed by atoms with van der Waals surface area (Å²) < 4.78 is 14.5. The van der Waals surface area contributed by atoms with Crippen molar-refractivity contribution in [1.82, 2.24) is 9.97 Å². The molecule has 9 heteroatoms. The highest BCUT2D eigenvalue weighted by atomic mass is 35.5. The molecule has 0 atom stereocenters. The molecule has 4 aromatic rings. The van der Waals surface area contributed by atoms with E-state index in [-0.39, 0.29) is 17.8 Å². The first-order chi connectivity index (χ1) is 16.9. The summed E-state index contributed by atoms with van der Waals surface area (Å²) in [5.41, 5.74) is 2.79. The van der Waals surface area contributed by atoms with Crippen LogP contribution in [0.3, 0.4) is 0 Å². The molecule has 1 N–H and O–H groups in total. The van der Waals surface area contributed by atoms with E-state index >= 15 is 0 Å². The summed E-state index contributed by atoms with van der Waals surface area (Å²) in [5.74, 6) is -3.00. The van der Waals surface area contributed by atoms with Crippen LogP contribution >= 0.6 is 11.6 Å². The Morgan fingerprint density at radius 1 is 1.06 bits per heavy atom. The number of hydrogen-bond acceptors (Lipinski definition) is 4. The molecule has 35 heavy (non-hydrogen) atoms. The van der Waals surface area contributed by atoms with Gasteiger partial charge in [-0.25, -0.2) is 9.37 Å². The average molecular weight is 489 g/mol. The molecular weight excluding hydrogens is 471 g/mol. The Morgan fingerprint density at radius 2 is 1.83 bits per heavy atom. The van der Waals surface area contributed by atoms with Crippen LogP contribution in [0.5, 0.6) is 0 Å². The fraction of sp³-hybridized carbons (Fsp3) is 0.0769. The number of carbonyl (C=O) groups is 3.